The summed E-state index contributed by atoms with van der Waals surface area (Å²) in [6, 6.07) is 19.9. The first-order valence-electron chi connectivity index (χ1n) is 8.42. The normalized spacial score (nSPS) is 17.0. The monoisotopic (exact) mass is 338 g/mol. The van der Waals surface area contributed by atoms with E-state index < -0.39 is 0 Å². The van der Waals surface area contributed by atoms with Crippen LogP contribution in [0.3, 0.4) is 0 Å². The Morgan fingerprint density at radius 3 is 2.50 bits per heavy atom. The molecule has 1 aromatic heterocycles. The second-order valence-electron chi connectivity index (χ2n) is 6.15. The number of ether oxygens (including phenoxy) is 1. The summed E-state index contributed by atoms with van der Waals surface area (Å²) in [7, 11) is 1.72. The third kappa shape index (κ3) is 3.05. The van der Waals surface area contributed by atoms with Gasteiger partial charge in [-0.05, 0) is 35.2 Å². The summed E-state index contributed by atoms with van der Waals surface area (Å²) in [5.41, 5.74) is 1.34. The SMILES string of the molecule is COc1ccc(C(c2cc3ccccc3s2)N2CCNCC2)cc1. The highest BCUT2D eigenvalue weighted by atomic mass is 32.1. The van der Waals surface area contributed by atoms with Crippen LogP contribution < -0.4 is 10.1 Å². The van der Waals surface area contributed by atoms with Gasteiger partial charge in [-0.1, -0.05) is 30.3 Å². The van der Waals surface area contributed by atoms with Crippen LogP contribution >= 0.6 is 11.3 Å². The molecule has 4 heteroatoms. The highest BCUT2D eigenvalue weighted by Crippen LogP contribution is 2.37. The zero-order valence-corrected chi connectivity index (χ0v) is 14.7. The molecular formula is C20H22N2OS. The lowest BCUT2D eigenvalue weighted by Gasteiger charge is -2.34. The molecule has 1 N–H and O–H groups in total. The first-order chi connectivity index (χ1) is 11.8. The van der Waals surface area contributed by atoms with Crippen molar-refractivity contribution in [2.24, 2.45) is 0 Å². The van der Waals surface area contributed by atoms with Gasteiger partial charge in [0.05, 0.1) is 13.2 Å². The van der Waals surface area contributed by atoms with Crippen molar-refractivity contribution in [2.45, 2.75) is 6.04 Å². The van der Waals surface area contributed by atoms with E-state index in [-0.39, 0.29) is 0 Å². The number of hydrogen-bond donors (Lipinski definition) is 1. The van der Waals surface area contributed by atoms with Gasteiger partial charge in [-0.15, -0.1) is 11.3 Å². The molecule has 4 rings (SSSR count). The third-order valence-electron chi connectivity index (χ3n) is 4.66. The van der Waals surface area contributed by atoms with Crippen LogP contribution in [0.4, 0.5) is 0 Å². The van der Waals surface area contributed by atoms with Crippen LogP contribution in [0.5, 0.6) is 5.75 Å². The quantitative estimate of drug-likeness (QED) is 0.781. The van der Waals surface area contributed by atoms with Gasteiger partial charge < -0.3 is 10.1 Å². The van der Waals surface area contributed by atoms with Crippen LogP contribution in [0.25, 0.3) is 10.1 Å². The summed E-state index contributed by atoms with van der Waals surface area (Å²) >= 11 is 1.91. The van der Waals surface area contributed by atoms with E-state index in [0.29, 0.717) is 6.04 Å². The second-order valence-corrected chi connectivity index (χ2v) is 7.26. The summed E-state index contributed by atoms with van der Waals surface area (Å²) in [5.74, 6) is 0.911. The fourth-order valence-corrected chi connectivity index (χ4v) is 4.65. The molecule has 0 spiro atoms. The molecular weight excluding hydrogens is 316 g/mol. The van der Waals surface area contributed by atoms with Crippen molar-refractivity contribution in [3.8, 4) is 5.75 Å². The summed E-state index contributed by atoms with van der Waals surface area (Å²) in [6.45, 7) is 4.25. The minimum atomic E-state index is 0.315. The lowest BCUT2D eigenvalue weighted by Crippen LogP contribution is -2.45. The maximum atomic E-state index is 5.33. The van der Waals surface area contributed by atoms with Gasteiger partial charge in [0.1, 0.15) is 5.75 Å². The molecule has 0 radical (unpaired) electrons. The van der Waals surface area contributed by atoms with Gasteiger partial charge in [0.2, 0.25) is 0 Å². The predicted octanol–water partition coefficient (Wildman–Crippen LogP) is 3.90. The summed E-state index contributed by atoms with van der Waals surface area (Å²) in [4.78, 5) is 4.01. The Balaban J connectivity index is 1.76. The standard InChI is InChI=1S/C20H22N2OS/c1-23-17-8-6-15(7-9-17)20(22-12-10-21-11-13-22)19-14-16-4-2-3-5-18(16)24-19/h2-9,14,20-21H,10-13H2,1H3. The summed E-state index contributed by atoms with van der Waals surface area (Å²) in [5, 5.41) is 4.80. The van der Waals surface area contributed by atoms with Gasteiger partial charge in [0, 0.05) is 35.8 Å². The van der Waals surface area contributed by atoms with E-state index in [9.17, 15) is 0 Å². The van der Waals surface area contributed by atoms with Crippen LogP contribution in [0, 0.1) is 0 Å². The van der Waals surface area contributed by atoms with Gasteiger partial charge in [-0.25, -0.2) is 0 Å². The molecule has 0 aliphatic carbocycles. The third-order valence-corrected chi connectivity index (χ3v) is 5.83. The molecule has 3 nitrogen and oxygen atoms in total. The molecule has 124 valence electrons. The zero-order valence-electron chi connectivity index (χ0n) is 13.9. The molecule has 1 fully saturated rings. The van der Waals surface area contributed by atoms with Crippen molar-refractivity contribution in [3.05, 3.63) is 65.0 Å². The number of thiophene rings is 1. The number of nitrogens with zero attached hydrogens (tertiary/aromatic N) is 1. The molecule has 3 aromatic rings. The van der Waals surface area contributed by atoms with Crippen LogP contribution in [0.1, 0.15) is 16.5 Å². The van der Waals surface area contributed by atoms with Gasteiger partial charge >= 0.3 is 0 Å². The zero-order chi connectivity index (χ0) is 16.4. The van der Waals surface area contributed by atoms with Crippen LogP contribution in [-0.4, -0.2) is 38.2 Å². The molecule has 0 amide bonds. The van der Waals surface area contributed by atoms with E-state index in [2.05, 4.69) is 64.8 Å². The fraction of sp³-hybridized carbons (Fsp3) is 0.300. The maximum Gasteiger partial charge on any atom is 0.118 e. The van der Waals surface area contributed by atoms with Crippen molar-refractivity contribution in [1.82, 2.24) is 10.2 Å². The highest BCUT2D eigenvalue weighted by Gasteiger charge is 2.25. The lowest BCUT2D eigenvalue weighted by atomic mass is 10.0. The molecule has 1 unspecified atom stereocenters. The van der Waals surface area contributed by atoms with Gasteiger partial charge in [0.15, 0.2) is 0 Å². The average molecular weight is 338 g/mol. The molecule has 1 atom stereocenters. The Morgan fingerprint density at radius 1 is 1.04 bits per heavy atom. The van der Waals surface area contributed by atoms with E-state index in [1.807, 2.05) is 11.3 Å². The van der Waals surface area contributed by atoms with Crippen molar-refractivity contribution in [2.75, 3.05) is 33.3 Å². The maximum absolute atomic E-state index is 5.33. The number of methoxy groups -OCH3 is 1. The van der Waals surface area contributed by atoms with Crippen LogP contribution in [0.2, 0.25) is 0 Å². The number of hydrogen-bond acceptors (Lipinski definition) is 4. The molecule has 1 aliphatic heterocycles. The predicted molar refractivity (Wildman–Crippen MR) is 101 cm³/mol. The molecule has 24 heavy (non-hydrogen) atoms. The van der Waals surface area contributed by atoms with Crippen molar-refractivity contribution in [1.29, 1.82) is 0 Å². The van der Waals surface area contributed by atoms with Crippen LogP contribution in [0.15, 0.2) is 54.6 Å². The Hall–Kier alpha value is -1.88. The summed E-state index contributed by atoms with van der Waals surface area (Å²) < 4.78 is 6.69. The van der Waals surface area contributed by atoms with Gasteiger partial charge in [-0.3, -0.25) is 4.90 Å². The van der Waals surface area contributed by atoms with E-state index >= 15 is 0 Å². The Labute approximate surface area is 146 Å². The first-order valence-corrected chi connectivity index (χ1v) is 9.24. The van der Waals surface area contributed by atoms with Crippen molar-refractivity contribution < 1.29 is 4.74 Å². The number of fused-ring (bicyclic) bond motifs is 1. The topological polar surface area (TPSA) is 24.5 Å². The average Bonchev–Trinajstić information content (AvgIpc) is 3.07. The minimum absolute atomic E-state index is 0.315. The van der Waals surface area contributed by atoms with E-state index in [4.69, 9.17) is 4.74 Å². The number of rotatable bonds is 4. The molecule has 1 aliphatic rings. The number of benzene rings is 2. The minimum Gasteiger partial charge on any atom is -0.497 e. The fourth-order valence-electron chi connectivity index (χ4n) is 3.42. The van der Waals surface area contributed by atoms with Crippen LogP contribution in [-0.2, 0) is 0 Å². The molecule has 1 saturated heterocycles. The molecule has 0 saturated carbocycles. The van der Waals surface area contributed by atoms with Crippen molar-refractivity contribution in [3.63, 3.8) is 0 Å². The Bertz CT molecular complexity index is 773. The van der Waals surface area contributed by atoms with Gasteiger partial charge in [0.25, 0.3) is 0 Å². The Kier molecular flexibility index (Phi) is 4.52. The smallest absolute Gasteiger partial charge is 0.118 e. The number of piperazine rings is 1. The van der Waals surface area contributed by atoms with Gasteiger partial charge in [-0.2, -0.15) is 0 Å². The van der Waals surface area contributed by atoms with Crippen molar-refractivity contribution >= 4 is 21.4 Å². The first kappa shape index (κ1) is 15.6. The molecule has 2 heterocycles. The van der Waals surface area contributed by atoms with E-state index in [0.717, 1.165) is 31.9 Å². The Morgan fingerprint density at radius 2 is 1.79 bits per heavy atom. The molecule has 0 bridgehead atoms. The second kappa shape index (κ2) is 6.93. The van der Waals surface area contributed by atoms with E-state index in [1.54, 1.807) is 7.11 Å². The highest BCUT2D eigenvalue weighted by molar-refractivity contribution is 7.19. The summed E-state index contributed by atoms with van der Waals surface area (Å²) in [6.07, 6.45) is 0. The largest absolute Gasteiger partial charge is 0.497 e. The van der Waals surface area contributed by atoms with E-state index in [1.165, 1.54) is 20.5 Å². The lowest BCUT2D eigenvalue weighted by molar-refractivity contribution is 0.200. The molecule has 2 aromatic carbocycles. The number of nitrogens with one attached hydrogen (secondary N) is 1.